The van der Waals surface area contributed by atoms with Crippen LogP contribution in [0.4, 0.5) is 0 Å². The lowest BCUT2D eigenvalue weighted by molar-refractivity contribution is 0.582. The molecule has 1 aromatic heterocycles. The van der Waals surface area contributed by atoms with Crippen molar-refractivity contribution in [2.75, 3.05) is 12.0 Å². The van der Waals surface area contributed by atoms with Crippen LogP contribution in [0.15, 0.2) is 18.2 Å². The van der Waals surface area contributed by atoms with E-state index in [2.05, 4.69) is 15.8 Å². The highest BCUT2D eigenvalue weighted by Gasteiger charge is 2.09. The first-order valence-electron chi connectivity index (χ1n) is 6.96. The summed E-state index contributed by atoms with van der Waals surface area (Å²) in [6, 6.07) is 5.86. The van der Waals surface area contributed by atoms with E-state index in [4.69, 9.17) is 23.2 Å². The fourth-order valence-corrected chi connectivity index (χ4v) is 3.24. The van der Waals surface area contributed by atoms with Crippen molar-refractivity contribution in [1.29, 1.82) is 0 Å². The zero-order valence-corrected chi connectivity index (χ0v) is 14.1. The lowest BCUT2D eigenvalue weighted by Crippen LogP contribution is -2.02. The van der Waals surface area contributed by atoms with Gasteiger partial charge < -0.3 is 4.57 Å². The minimum Gasteiger partial charge on any atom is -0.327 e. The van der Waals surface area contributed by atoms with Crippen molar-refractivity contribution < 1.29 is 0 Å². The molecule has 0 aliphatic rings. The van der Waals surface area contributed by atoms with Crippen molar-refractivity contribution in [2.45, 2.75) is 38.1 Å². The number of halogens is 2. The molecule has 0 aliphatic carbocycles. The number of fused-ring (bicyclic) bond motifs is 1. The van der Waals surface area contributed by atoms with Gasteiger partial charge in [-0.1, -0.05) is 24.4 Å². The number of aryl methyl sites for hydroxylation is 1. The lowest BCUT2D eigenvalue weighted by atomic mass is 10.2. The van der Waals surface area contributed by atoms with Crippen LogP contribution in [0, 0.1) is 0 Å². The minimum absolute atomic E-state index is 0.443. The van der Waals surface area contributed by atoms with Crippen molar-refractivity contribution in [3.63, 3.8) is 0 Å². The number of hydrogen-bond donors (Lipinski definition) is 0. The van der Waals surface area contributed by atoms with Gasteiger partial charge in [0.05, 0.1) is 16.9 Å². The molecule has 20 heavy (non-hydrogen) atoms. The topological polar surface area (TPSA) is 17.8 Å². The van der Waals surface area contributed by atoms with Crippen LogP contribution in [0.1, 0.15) is 31.5 Å². The summed E-state index contributed by atoms with van der Waals surface area (Å²) < 4.78 is 2.23. The SMILES string of the molecule is CSCCCCCCn1c(CCl)nc2cc(Cl)ccc21. The molecule has 5 heteroatoms. The Hall–Kier alpha value is -0.380. The molecule has 2 aromatic rings. The monoisotopic (exact) mass is 330 g/mol. The molecule has 0 saturated carbocycles. The van der Waals surface area contributed by atoms with Crippen LogP contribution in [0.3, 0.4) is 0 Å². The maximum Gasteiger partial charge on any atom is 0.124 e. The van der Waals surface area contributed by atoms with E-state index in [0.717, 1.165) is 28.4 Å². The number of imidazole rings is 1. The van der Waals surface area contributed by atoms with Gasteiger partial charge in [0.15, 0.2) is 0 Å². The molecule has 2 rings (SSSR count). The summed E-state index contributed by atoms with van der Waals surface area (Å²) in [6.07, 6.45) is 7.21. The molecule has 0 bridgehead atoms. The van der Waals surface area contributed by atoms with Crippen LogP contribution in [-0.4, -0.2) is 21.6 Å². The molecule has 1 aromatic carbocycles. The van der Waals surface area contributed by atoms with Gasteiger partial charge in [0.25, 0.3) is 0 Å². The van der Waals surface area contributed by atoms with Crippen LogP contribution in [0.5, 0.6) is 0 Å². The van der Waals surface area contributed by atoms with E-state index >= 15 is 0 Å². The van der Waals surface area contributed by atoms with Gasteiger partial charge in [-0.15, -0.1) is 11.6 Å². The predicted molar refractivity (Wildman–Crippen MR) is 91.2 cm³/mol. The first kappa shape index (κ1) is 16.0. The smallest absolute Gasteiger partial charge is 0.124 e. The molecule has 0 fully saturated rings. The largest absolute Gasteiger partial charge is 0.327 e. The summed E-state index contributed by atoms with van der Waals surface area (Å²) in [4.78, 5) is 4.56. The van der Waals surface area contributed by atoms with Crippen molar-refractivity contribution in [3.8, 4) is 0 Å². The molecule has 0 spiro atoms. The standard InChI is InChI=1S/C15H20Cl2N2S/c1-20-9-5-3-2-4-8-19-14-7-6-12(17)10-13(14)18-15(19)11-16/h6-7,10H,2-5,8-9,11H2,1H3. The second-order valence-corrected chi connectivity index (χ2v) is 6.54. The van der Waals surface area contributed by atoms with Crippen LogP contribution in [0.2, 0.25) is 5.02 Å². The van der Waals surface area contributed by atoms with E-state index < -0.39 is 0 Å². The summed E-state index contributed by atoms with van der Waals surface area (Å²) in [7, 11) is 0. The van der Waals surface area contributed by atoms with E-state index in [1.807, 2.05) is 30.0 Å². The van der Waals surface area contributed by atoms with Gasteiger partial charge in [-0.25, -0.2) is 4.98 Å². The Bertz CT molecular complexity index is 554. The number of alkyl halides is 1. The average molecular weight is 331 g/mol. The Morgan fingerprint density at radius 3 is 2.75 bits per heavy atom. The summed E-state index contributed by atoms with van der Waals surface area (Å²) in [5, 5.41) is 0.723. The van der Waals surface area contributed by atoms with Crippen LogP contribution in [-0.2, 0) is 12.4 Å². The fraction of sp³-hybridized carbons (Fsp3) is 0.533. The third kappa shape index (κ3) is 4.06. The number of rotatable bonds is 8. The fourth-order valence-electron chi connectivity index (χ4n) is 2.37. The molecule has 0 radical (unpaired) electrons. The highest BCUT2D eigenvalue weighted by Crippen LogP contribution is 2.22. The van der Waals surface area contributed by atoms with Crippen molar-refractivity contribution >= 4 is 46.0 Å². The normalized spacial score (nSPS) is 11.3. The van der Waals surface area contributed by atoms with E-state index in [-0.39, 0.29) is 0 Å². The molecule has 0 atom stereocenters. The highest BCUT2D eigenvalue weighted by molar-refractivity contribution is 7.98. The van der Waals surface area contributed by atoms with Crippen molar-refractivity contribution in [3.05, 3.63) is 29.0 Å². The molecular weight excluding hydrogens is 311 g/mol. The Morgan fingerprint density at radius 1 is 1.20 bits per heavy atom. The van der Waals surface area contributed by atoms with Crippen LogP contribution >= 0.6 is 35.0 Å². The summed E-state index contributed by atoms with van der Waals surface area (Å²) >= 11 is 13.9. The van der Waals surface area contributed by atoms with Gasteiger partial charge in [0, 0.05) is 11.6 Å². The van der Waals surface area contributed by atoms with Gasteiger partial charge in [0.2, 0.25) is 0 Å². The molecule has 0 amide bonds. The van der Waals surface area contributed by atoms with Gasteiger partial charge in [-0.2, -0.15) is 11.8 Å². The summed E-state index contributed by atoms with van der Waals surface area (Å²) in [6.45, 7) is 0.986. The average Bonchev–Trinajstić information content (AvgIpc) is 2.79. The Morgan fingerprint density at radius 2 is 2.00 bits per heavy atom. The van der Waals surface area contributed by atoms with Crippen molar-refractivity contribution in [2.24, 2.45) is 0 Å². The summed E-state index contributed by atoms with van der Waals surface area (Å²) in [5.74, 6) is 2.64. The van der Waals surface area contributed by atoms with Crippen LogP contribution < -0.4 is 0 Å². The minimum atomic E-state index is 0.443. The number of thioether (sulfide) groups is 1. The van der Waals surface area contributed by atoms with E-state index in [1.165, 1.54) is 31.4 Å². The maximum atomic E-state index is 6.01. The van der Waals surface area contributed by atoms with Crippen LogP contribution in [0.25, 0.3) is 11.0 Å². The van der Waals surface area contributed by atoms with Gasteiger partial charge in [0.1, 0.15) is 5.82 Å². The number of aromatic nitrogens is 2. The Labute approximate surface area is 134 Å². The van der Waals surface area contributed by atoms with Crippen molar-refractivity contribution in [1.82, 2.24) is 9.55 Å². The summed E-state index contributed by atoms with van der Waals surface area (Å²) in [5.41, 5.74) is 2.07. The van der Waals surface area contributed by atoms with E-state index in [0.29, 0.717) is 5.88 Å². The van der Waals surface area contributed by atoms with E-state index in [1.54, 1.807) is 0 Å². The van der Waals surface area contributed by atoms with Gasteiger partial charge in [-0.05, 0) is 43.0 Å². The number of nitrogens with zero attached hydrogens (tertiary/aromatic N) is 2. The first-order chi connectivity index (χ1) is 9.76. The van der Waals surface area contributed by atoms with E-state index in [9.17, 15) is 0 Å². The number of unbranched alkanes of at least 4 members (excludes halogenated alkanes) is 3. The molecule has 1 heterocycles. The molecule has 110 valence electrons. The highest BCUT2D eigenvalue weighted by atomic mass is 35.5. The third-order valence-corrected chi connectivity index (χ3v) is 4.56. The molecular formula is C15H20Cl2N2S. The Kier molecular flexibility index (Phi) is 6.53. The number of benzene rings is 1. The Balaban J connectivity index is 2.01. The second-order valence-electron chi connectivity index (χ2n) is 4.85. The molecule has 0 unspecified atom stereocenters. The molecule has 0 N–H and O–H groups in total. The molecule has 0 saturated heterocycles. The molecule has 2 nitrogen and oxygen atoms in total. The quantitative estimate of drug-likeness (QED) is 0.479. The maximum absolute atomic E-state index is 6.01. The first-order valence-corrected chi connectivity index (χ1v) is 9.26. The third-order valence-electron chi connectivity index (χ3n) is 3.39. The lowest BCUT2D eigenvalue weighted by Gasteiger charge is -2.07. The predicted octanol–water partition coefficient (Wildman–Crippen LogP) is 5.35. The van der Waals surface area contributed by atoms with Gasteiger partial charge >= 0.3 is 0 Å². The second kappa shape index (κ2) is 8.16. The van der Waals surface area contributed by atoms with Gasteiger partial charge in [-0.3, -0.25) is 0 Å². The zero-order valence-electron chi connectivity index (χ0n) is 11.7. The molecule has 0 aliphatic heterocycles. The number of hydrogen-bond acceptors (Lipinski definition) is 2. The zero-order chi connectivity index (χ0) is 14.4.